The summed E-state index contributed by atoms with van der Waals surface area (Å²) in [6.07, 6.45) is 2.79. The predicted octanol–water partition coefficient (Wildman–Crippen LogP) is 1.02. The second-order valence-electron chi connectivity index (χ2n) is 9.29. The van der Waals surface area contributed by atoms with Crippen molar-refractivity contribution in [2.75, 3.05) is 33.4 Å². The second-order valence-corrected chi connectivity index (χ2v) is 9.29. The van der Waals surface area contributed by atoms with E-state index in [0.717, 1.165) is 5.56 Å². The van der Waals surface area contributed by atoms with Crippen LogP contribution in [0.1, 0.15) is 28.9 Å². The van der Waals surface area contributed by atoms with Gasteiger partial charge in [-0.15, -0.1) is 0 Å². The smallest absolute Gasteiger partial charge is 0.255 e. The first-order valence-electron chi connectivity index (χ1n) is 11.9. The van der Waals surface area contributed by atoms with Crippen LogP contribution in [0.15, 0.2) is 24.5 Å². The largest absolute Gasteiger partial charge is 0.497 e. The van der Waals surface area contributed by atoms with Gasteiger partial charge in [-0.05, 0) is 43.9 Å². The number of benzene rings is 1. The number of nitrogens with one attached hydrogen (secondary N) is 2. The number of aryl methyl sites for hydroxylation is 1. The molecule has 2 atom stereocenters. The molecule has 5 rings (SSSR count). The van der Waals surface area contributed by atoms with Crippen molar-refractivity contribution >= 4 is 22.8 Å². The van der Waals surface area contributed by atoms with Crippen molar-refractivity contribution in [3.63, 3.8) is 0 Å². The van der Waals surface area contributed by atoms with Gasteiger partial charge in [0.25, 0.3) is 5.91 Å². The van der Waals surface area contributed by atoms with Gasteiger partial charge in [-0.2, -0.15) is 0 Å². The van der Waals surface area contributed by atoms with Crippen molar-refractivity contribution in [3.05, 3.63) is 35.8 Å². The van der Waals surface area contributed by atoms with Crippen molar-refractivity contribution < 1.29 is 29.3 Å². The molecule has 1 aliphatic carbocycles. The summed E-state index contributed by atoms with van der Waals surface area (Å²) in [6.45, 7) is 1.90. The third-order valence-corrected chi connectivity index (χ3v) is 6.71. The summed E-state index contributed by atoms with van der Waals surface area (Å²) in [6, 6.07) is 4.87. The molecule has 0 bridgehead atoms. The Hall–Kier alpha value is -3.70. The molecule has 0 unspecified atom stereocenters. The Labute approximate surface area is 207 Å². The van der Waals surface area contributed by atoms with E-state index < -0.39 is 30.6 Å². The van der Waals surface area contributed by atoms with Gasteiger partial charge < -0.3 is 34.9 Å². The van der Waals surface area contributed by atoms with Crippen molar-refractivity contribution in [2.24, 2.45) is 5.92 Å². The van der Waals surface area contributed by atoms with Crippen LogP contribution in [0.25, 0.3) is 22.3 Å². The minimum absolute atomic E-state index is 0.0446. The zero-order chi connectivity index (χ0) is 25.4. The molecule has 1 saturated heterocycles. The molecule has 11 nitrogen and oxygen atoms in total. The minimum atomic E-state index is -0.942. The standard InChI is InChI=1S/C25H29N5O6/c1-13-21(25(34)29-17-8-30(9-18(17)32)20(33)10-31)23-24(28-13)22(26-12-27-23)16-7-15(35-2)5-6-19(16)36-11-14-3-4-14/h5-7,12,14,17-18,28,31-32H,3-4,8-11H2,1-2H3,(H,29,34)/t17-,18+/m1/s1. The summed E-state index contributed by atoms with van der Waals surface area (Å²) in [7, 11) is 1.59. The quantitative estimate of drug-likeness (QED) is 0.362. The van der Waals surface area contributed by atoms with Crippen LogP contribution in [0.2, 0.25) is 0 Å². The highest BCUT2D eigenvalue weighted by Gasteiger charge is 2.35. The summed E-state index contributed by atoms with van der Waals surface area (Å²) in [4.78, 5) is 38.5. The lowest BCUT2D eigenvalue weighted by atomic mass is 10.1. The molecule has 2 amide bonds. The average Bonchev–Trinajstić information content (AvgIpc) is 3.55. The molecule has 2 aromatic heterocycles. The van der Waals surface area contributed by atoms with Gasteiger partial charge in [-0.25, -0.2) is 9.97 Å². The Bertz CT molecular complexity index is 1300. The highest BCUT2D eigenvalue weighted by atomic mass is 16.5. The molecule has 36 heavy (non-hydrogen) atoms. The van der Waals surface area contributed by atoms with E-state index in [2.05, 4.69) is 20.3 Å². The van der Waals surface area contributed by atoms with Crippen LogP contribution in [0.5, 0.6) is 11.5 Å². The number of rotatable bonds is 8. The summed E-state index contributed by atoms with van der Waals surface area (Å²) < 4.78 is 11.5. The zero-order valence-corrected chi connectivity index (χ0v) is 20.2. The normalized spacial score (nSPS) is 19.5. The van der Waals surface area contributed by atoms with Gasteiger partial charge in [0.2, 0.25) is 5.91 Å². The Morgan fingerprint density at radius 2 is 2.06 bits per heavy atom. The SMILES string of the molecule is COc1ccc(OCC2CC2)c(-c2ncnc3c(C(=O)N[C@@H]4CN(C(=O)CO)C[C@@H]4O)c(C)[nH]c23)c1. The third kappa shape index (κ3) is 4.59. The van der Waals surface area contributed by atoms with Crippen LogP contribution < -0.4 is 14.8 Å². The lowest BCUT2D eigenvalue weighted by molar-refractivity contribution is -0.133. The maximum Gasteiger partial charge on any atom is 0.255 e. The number of ether oxygens (including phenoxy) is 2. The van der Waals surface area contributed by atoms with Crippen LogP contribution in [-0.4, -0.2) is 87.4 Å². The number of hydrogen-bond acceptors (Lipinski definition) is 8. The van der Waals surface area contributed by atoms with E-state index in [4.69, 9.17) is 14.6 Å². The molecule has 1 aliphatic heterocycles. The molecule has 4 N–H and O–H groups in total. The number of carbonyl (C=O) groups excluding carboxylic acids is 2. The highest BCUT2D eigenvalue weighted by molar-refractivity contribution is 6.09. The molecule has 3 aromatic rings. The number of carbonyl (C=O) groups is 2. The first-order chi connectivity index (χ1) is 17.4. The molecular formula is C25H29N5O6. The van der Waals surface area contributed by atoms with E-state index in [-0.39, 0.29) is 13.1 Å². The van der Waals surface area contributed by atoms with Gasteiger partial charge in [-0.1, -0.05) is 0 Å². The molecular weight excluding hydrogens is 466 g/mol. The van der Waals surface area contributed by atoms with Gasteiger partial charge >= 0.3 is 0 Å². The van der Waals surface area contributed by atoms with Crippen molar-refractivity contribution in [2.45, 2.75) is 31.9 Å². The average molecular weight is 496 g/mol. The molecule has 2 fully saturated rings. The monoisotopic (exact) mass is 495 g/mol. The Kier molecular flexibility index (Phi) is 6.50. The van der Waals surface area contributed by atoms with Crippen LogP contribution in [0.4, 0.5) is 0 Å². The summed E-state index contributed by atoms with van der Waals surface area (Å²) in [5.41, 5.74) is 3.22. The van der Waals surface area contributed by atoms with E-state index in [1.54, 1.807) is 14.0 Å². The maximum atomic E-state index is 13.3. The highest BCUT2D eigenvalue weighted by Crippen LogP contribution is 2.38. The van der Waals surface area contributed by atoms with Crippen LogP contribution in [0, 0.1) is 12.8 Å². The fraction of sp³-hybridized carbons (Fsp3) is 0.440. The van der Waals surface area contributed by atoms with Crippen molar-refractivity contribution in [1.82, 2.24) is 25.2 Å². The lowest BCUT2D eigenvalue weighted by Crippen LogP contribution is -2.43. The zero-order valence-electron chi connectivity index (χ0n) is 20.2. The number of aliphatic hydroxyl groups excluding tert-OH is 2. The van der Waals surface area contributed by atoms with Gasteiger partial charge in [-0.3, -0.25) is 9.59 Å². The summed E-state index contributed by atoms with van der Waals surface area (Å²) >= 11 is 0. The lowest BCUT2D eigenvalue weighted by Gasteiger charge is -2.16. The second kappa shape index (κ2) is 9.75. The number of aromatic nitrogens is 3. The van der Waals surface area contributed by atoms with Gasteiger partial charge in [0.15, 0.2) is 0 Å². The molecule has 190 valence electrons. The molecule has 1 saturated carbocycles. The number of fused-ring (bicyclic) bond motifs is 1. The number of hydrogen-bond donors (Lipinski definition) is 4. The fourth-order valence-corrected chi connectivity index (χ4v) is 4.52. The van der Waals surface area contributed by atoms with Crippen molar-refractivity contribution in [1.29, 1.82) is 0 Å². The van der Waals surface area contributed by atoms with Crippen LogP contribution >= 0.6 is 0 Å². The number of methoxy groups -OCH3 is 1. The number of aliphatic hydroxyl groups is 2. The van der Waals surface area contributed by atoms with Gasteiger partial charge in [0.05, 0.1) is 36.9 Å². The Morgan fingerprint density at radius 1 is 1.25 bits per heavy atom. The fourth-order valence-electron chi connectivity index (χ4n) is 4.52. The van der Waals surface area contributed by atoms with Gasteiger partial charge in [0, 0.05) is 24.3 Å². The van der Waals surface area contributed by atoms with E-state index >= 15 is 0 Å². The van der Waals surface area contributed by atoms with E-state index in [0.29, 0.717) is 52.0 Å². The molecule has 0 radical (unpaired) electrons. The van der Waals surface area contributed by atoms with E-state index in [1.807, 2.05) is 18.2 Å². The maximum absolute atomic E-state index is 13.3. The molecule has 2 aliphatic rings. The predicted molar refractivity (Wildman–Crippen MR) is 130 cm³/mol. The summed E-state index contributed by atoms with van der Waals surface area (Å²) in [5, 5.41) is 22.3. The number of nitrogens with zero attached hydrogens (tertiary/aromatic N) is 3. The number of β-amino-alcohol motifs (C(OH)–C–C–N with tert-alkyl or cyclic N) is 1. The third-order valence-electron chi connectivity index (χ3n) is 6.71. The Balaban J connectivity index is 1.47. The van der Waals surface area contributed by atoms with Crippen LogP contribution in [0.3, 0.4) is 0 Å². The van der Waals surface area contributed by atoms with E-state index in [9.17, 15) is 14.7 Å². The van der Waals surface area contributed by atoms with Crippen LogP contribution in [-0.2, 0) is 4.79 Å². The number of likely N-dealkylation sites (tertiary alicyclic amines) is 1. The van der Waals surface area contributed by atoms with Crippen molar-refractivity contribution in [3.8, 4) is 22.8 Å². The number of aromatic amines is 1. The van der Waals surface area contributed by atoms with E-state index in [1.165, 1.54) is 24.1 Å². The number of H-pyrrole nitrogens is 1. The molecule has 11 heteroatoms. The molecule has 0 spiro atoms. The molecule has 3 heterocycles. The number of amides is 2. The molecule has 1 aromatic carbocycles. The topological polar surface area (TPSA) is 150 Å². The first kappa shape index (κ1) is 24.0. The first-order valence-corrected chi connectivity index (χ1v) is 11.9. The van der Waals surface area contributed by atoms with Gasteiger partial charge in [0.1, 0.15) is 35.6 Å². The summed E-state index contributed by atoms with van der Waals surface area (Å²) in [5.74, 6) is 0.964. The minimum Gasteiger partial charge on any atom is -0.497 e. The Morgan fingerprint density at radius 3 is 2.78 bits per heavy atom.